The van der Waals surface area contributed by atoms with Crippen LogP contribution in [0.4, 0.5) is 0 Å². The van der Waals surface area contributed by atoms with E-state index in [1.54, 1.807) is 12.3 Å². The first kappa shape index (κ1) is 15.1. The predicted octanol–water partition coefficient (Wildman–Crippen LogP) is 2.04. The molecule has 1 N–H and O–H groups in total. The second-order valence-corrected chi connectivity index (χ2v) is 6.02. The lowest BCUT2D eigenvalue weighted by Gasteiger charge is -2.28. The summed E-state index contributed by atoms with van der Waals surface area (Å²) in [6, 6.07) is -0.295. The van der Waals surface area contributed by atoms with Gasteiger partial charge in [0.1, 0.15) is 6.04 Å². The summed E-state index contributed by atoms with van der Waals surface area (Å²) in [4.78, 5) is 16.8. The number of rotatable bonds is 4. The fourth-order valence-electron chi connectivity index (χ4n) is 2.60. The molecule has 3 heterocycles. The number of ether oxygens (including phenoxy) is 1. The van der Waals surface area contributed by atoms with E-state index in [0.29, 0.717) is 30.5 Å². The first-order valence-electron chi connectivity index (χ1n) is 7.25. The normalized spacial score (nSPS) is 17.4. The molecule has 1 aliphatic rings. The molecule has 0 aromatic carbocycles. The Bertz CT molecular complexity index is 648. The molecular weight excluding hydrogens is 304 g/mol. The number of hydrogen-bond acceptors (Lipinski definition) is 7. The van der Waals surface area contributed by atoms with Crippen molar-refractivity contribution in [3.05, 3.63) is 28.4 Å². The molecular formula is C14H18N4O3S. The van der Waals surface area contributed by atoms with E-state index >= 15 is 0 Å². The van der Waals surface area contributed by atoms with Crippen molar-refractivity contribution in [1.29, 1.82) is 0 Å². The Labute approximate surface area is 132 Å². The van der Waals surface area contributed by atoms with E-state index in [0.717, 1.165) is 18.5 Å². The topological polar surface area (TPSA) is 90.1 Å². The molecule has 2 aromatic heterocycles. The summed E-state index contributed by atoms with van der Waals surface area (Å²) in [6.45, 7) is 4.96. The Morgan fingerprint density at radius 1 is 1.41 bits per heavy atom. The van der Waals surface area contributed by atoms with E-state index in [-0.39, 0.29) is 17.9 Å². The zero-order chi connectivity index (χ0) is 15.5. The summed E-state index contributed by atoms with van der Waals surface area (Å²) in [5.74, 6) is 1.09. The third-order valence-corrected chi connectivity index (χ3v) is 4.55. The van der Waals surface area contributed by atoms with Crippen LogP contribution >= 0.6 is 11.5 Å². The largest absolute Gasteiger partial charge is 0.381 e. The van der Waals surface area contributed by atoms with E-state index in [1.807, 2.05) is 6.92 Å². The van der Waals surface area contributed by atoms with Crippen LogP contribution in [-0.4, -0.2) is 33.6 Å². The van der Waals surface area contributed by atoms with Crippen LogP contribution in [-0.2, 0) is 4.74 Å². The second-order valence-electron chi connectivity index (χ2n) is 5.39. The highest BCUT2D eigenvalue weighted by Crippen LogP contribution is 2.29. The van der Waals surface area contributed by atoms with Gasteiger partial charge < -0.3 is 14.6 Å². The van der Waals surface area contributed by atoms with Gasteiger partial charge in [0, 0.05) is 18.6 Å². The molecule has 118 valence electrons. The molecule has 0 saturated carbocycles. The van der Waals surface area contributed by atoms with Crippen molar-refractivity contribution in [2.75, 3.05) is 13.2 Å². The second kappa shape index (κ2) is 6.53. The Morgan fingerprint density at radius 3 is 2.77 bits per heavy atom. The molecule has 1 fully saturated rings. The molecule has 0 aliphatic carbocycles. The standard InChI is InChI=1S/C14H18N4O3S/c1-8-11(7-22-18-8)13(19)16-12(10-3-5-20-6-4-10)14-15-9(2)17-21-14/h7,10,12H,3-6H2,1-2H3,(H,16,19)/t12-/m1/s1. The van der Waals surface area contributed by atoms with Crippen LogP contribution in [0.3, 0.4) is 0 Å². The highest BCUT2D eigenvalue weighted by molar-refractivity contribution is 7.03. The van der Waals surface area contributed by atoms with Crippen molar-refractivity contribution >= 4 is 17.4 Å². The van der Waals surface area contributed by atoms with Crippen molar-refractivity contribution in [2.45, 2.75) is 32.7 Å². The van der Waals surface area contributed by atoms with Crippen LogP contribution in [0.1, 0.15) is 46.7 Å². The van der Waals surface area contributed by atoms with E-state index in [2.05, 4.69) is 19.8 Å². The summed E-state index contributed by atoms with van der Waals surface area (Å²) in [6.07, 6.45) is 1.71. The monoisotopic (exact) mass is 322 g/mol. The number of amides is 1. The molecule has 0 spiro atoms. The predicted molar refractivity (Wildman–Crippen MR) is 79.6 cm³/mol. The third-order valence-electron chi connectivity index (χ3n) is 3.83. The number of nitrogens with one attached hydrogen (secondary N) is 1. The van der Waals surface area contributed by atoms with E-state index in [9.17, 15) is 4.79 Å². The molecule has 0 unspecified atom stereocenters. The summed E-state index contributed by atoms with van der Waals surface area (Å²) in [5.41, 5.74) is 1.33. The molecule has 2 aromatic rings. The van der Waals surface area contributed by atoms with E-state index < -0.39 is 0 Å². The van der Waals surface area contributed by atoms with Gasteiger partial charge in [-0.25, -0.2) is 0 Å². The van der Waals surface area contributed by atoms with Gasteiger partial charge in [-0.3, -0.25) is 4.79 Å². The SMILES string of the molecule is Cc1noc([C@H](NC(=O)c2csnc2C)C2CCOCC2)n1. The molecule has 1 aliphatic heterocycles. The van der Waals surface area contributed by atoms with Crippen LogP contribution < -0.4 is 5.32 Å². The maximum absolute atomic E-state index is 12.5. The smallest absolute Gasteiger partial charge is 0.254 e. The minimum absolute atomic E-state index is 0.154. The Morgan fingerprint density at radius 2 is 2.18 bits per heavy atom. The van der Waals surface area contributed by atoms with Crippen LogP contribution in [0.5, 0.6) is 0 Å². The lowest BCUT2D eigenvalue weighted by molar-refractivity contribution is 0.0467. The number of aryl methyl sites for hydroxylation is 2. The lowest BCUT2D eigenvalue weighted by atomic mass is 9.91. The zero-order valence-corrected chi connectivity index (χ0v) is 13.4. The first-order chi connectivity index (χ1) is 10.6. The number of aromatic nitrogens is 3. The van der Waals surface area contributed by atoms with Gasteiger partial charge in [0.05, 0.1) is 11.3 Å². The molecule has 1 saturated heterocycles. The third kappa shape index (κ3) is 3.17. The van der Waals surface area contributed by atoms with Gasteiger partial charge >= 0.3 is 0 Å². The molecule has 3 rings (SSSR count). The maximum atomic E-state index is 12.5. The fraction of sp³-hybridized carbons (Fsp3) is 0.571. The van der Waals surface area contributed by atoms with Crippen molar-refractivity contribution in [2.24, 2.45) is 5.92 Å². The highest BCUT2D eigenvalue weighted by Gasteiger charge is 2.31. The average Bonchev–Trinajstić information content (AvgIpc) is 3.14. The highest BCUT2D eigenvalue weighted by atomic mass is 32.1. The molecule has 7 nitrogen and oxygen atoms in total. The van der Waals surface area contributed by atoms with Gasteiger partial charge in [-0.2, -0.15) is 9.36 Å². The van der Waals surface area contributed by atoms with Gasteiger partial charge in [0.25, 0.3) is 5.91 Å². The molecule has 0 radical (unpaired) electrons. The average molecular weight is 322 g/mol. The van der Waals surface area contributed by atoms with Gasteiger partial charge in [0.15, 0.2) is 5.82 Å². The summed E-state index contributed by atoms with van der Waals surface area (Å²) in [5, 5.41) is 8.63. The molecule has 1 atom stereocenters. The van der Waals surface area contributed by atoms with Gasteiger partial charge in [-0.05, 0) is 44.1 Å². The van der Waals surface area contributed by atoms with E-state index in [1.165, 1.54) is 11.5 Å². The first-order valence-corrected chi connectivity index (χ1v) is 8.08. The van der Waals surface area contributed by atoms with Crippen LogP contribution in [0, 0.1) is 19.8 Å². The number of hydrogen-bond donors (Lipinski definition) is 1. The van der Waals surface area contributed by atoms with Gasteiger partial charge in [-0.15, -0.1) is 0 Å². The lowest BCUT2D eigenvalue weighted by Crippen LogP contribution is -2.36. The Balaban J connectivity index is 1.82. The summed E-state index contributed by atoms with van der Waals surface area (Å²) < 4.78 is 14.8. The molecule has 22 heavy (non-hydrogen) atoms. The fourth-order valence-corrected chi connectivity index (χ4v) is 3.29. The van der Waals surface area contributed by atoms with Crippen molar-refractivity contribution in [1.82, 2.24) is 19.8 Å². The van der Waals surface area contributed by atoms with Crippen molar-refractivity contribution in [3.63, 3.8) is 0 Å². The molecule has 1 amide bonds. The quantitative estimate of drug-likeness (QED) is 0.926. The zero-order valence-electron chi connectivity index (χ0n) is 12.5. The number of nitrogens with zero attached hydrogens (tertiary/aromatic N) is 3. The minimum atomic E-state index is -0.295. The maximum Gasteiger partial charge on any atom is 0.254 e. The minimum Gasteiger partial charge on any atom is -0.381 e. The Hall–Kier alpha value is -1.80. The van der Waals surface area contributed by atoms with Crippen molar-refractivity contribution in [3.8, 4) is 0 Å². The molecule has 0 bridgehead atoms. The van der Waals surface area contributed by atoms with Gasteiger partial charge in [0.2, 0.25) is 5.89 Å². The van der Waals surface area contributed by atoms with E-state index in [4.69, 9.17) is 9.26 Å². The summed E-state index contributed by atoms with van der Waals surface area (Å²) >= 11 is 1.27. The molecule has 8 heteroatoms. The summed E-state index contributed by atoms with van der Waals surface area (Å²) in [7, 11) is 0. The van der Waals surface area contributed by atoms with Crippen LogP contribution in [0.2, 0.25) is 0 Å². The van der Waals surface area contributed by atoms with Crippen LogP contribution in [0.25, 0.3) is 0 Å². The van der Waals surface area contributed by atoms with Crippen LogP contribution in [0.15, 0.2) is 9.90 Å². The van der Waals surface area contributed by atoms with Crippen molar-refractivity contribution < 1.29 is 14.1 Å². The Kier molecular flexibility index (Phi) is 4.49. The number of carbonyl (C=O) groups excluding carboxylic acids is 1. The number of carbonyl (C=O) groups is 1. The van der Waals surface area contributed by atoms with Gasteiger partial charge in [-0.1, -0.05) is 5.16 Å².